The van der Waals surface area contributed by atoms with Crippen molar-refractivity contribution in [2.45, 2.75) is 40.0 Å². The fourth-order valence-electron chi connectivity index (χ4n) is 3.43. The van der Waals surface area contributed by atoms with Gasteiger partial charge in [-0.25, -0.2) is 4.68 Å². The lowest BCUT2D eigenvalue weighted by Gasteiger charge is -2.24. The fraction of sp³-hybridized carbons (Fsp3) is 0.346. The summed E-state index contributed by atoms with van der Waals surface area (Å²) < 4.78 is 1.63. The van der Waals surface area contributed by atoms with Crippen molar-refractivity contribution in [1.29, 1.82) is 0 Å². The molecular weight excluding hydrogens is 471 g/mol. The lowest BCUT2D eigenvalue weighted by Crippen LogP contribution is -2.40. The molecule has 8 heteroatoms. The average molecular weight is 501 g/mol. The molecular formula is C26H30Cl2N4O2. The molecule has 0 radical (unpaired) electrons. The Kier molecular flexibility index (Phi) is 8.05. The zero-order valence-electron chi connectivity index (χ0n) is 20.1. The third-order valence-electron chi connectivity index (χ3n) is 5.12. The molecule has 0 spiro atoms. The van der Waals surface area contributed by atoms with E-state index in [1.54, 1.807) is 39.9 Å². The second-order valence-electron chi connectivity index (χ2n) is 9.67. The number of carbonyl (C=O) groups excluding carboxylic acids is 2. The predicted octanol–water partition coefficient (Wildman–Crippen LogP) is 6.21. The van der Waals surface area contributed by atoms with Gasteiger partial charge in [-0.15, -0.1) is 0 Å². The number of hydrogen-bond donors (Lipinski definition) is 1. The van der Waals surface area contributed by atoms with Crippen LogP contribution in [0.1, 0.15) is 50.7 Å². The lowest BCUT2D eigenvalue weighted by molar-refractivity contribution is -0.117. The van der Waals surface area contributed by atoms with E-state index in [1.807, 2.05) is 58.9 Å². The van der Waals surface area contributed by atoms with Crippen molar-refractivity contribution >= 4 is 40.8 Å². The van der Waals surface area contributed by atoms with E-state index < -0.39 is 0 Å². The number of benzene rings is 2. The molecule has 3 aromatic rings. The van der Waals surface area contributed by atoms with Gasteiger partial charge in [0.2, 0.25) is 5.91 Å². The Balaban J connectivity index is 1.89. The molecule has 0 saturated carbocycles. The number of carbonyl (C=O) groups is 2. The van der Waals surface area contributed by atoms with Crippen molar-refractivity contribution < 1.29 is 9.59 Å². The van der Waals surface area contributed by atoms with Crippen LogP contribution in [0.3, 0.4) is 0 Å². The predicted molar refractivity (Wildman–Crippen MR) is 138 cm³/mol. The van der Waals surface area contributed by atoms with Crippen molar-refractivity contribution in [2.24, 2.45) is 5.92 Å². The third-order valence-corrected chi connectivity index (χ3v) is 5.86. The van der Waals surface area contributed by atoms with E-state index in [9.17, 15) is 9.59 Å². The molecule has 1 heterocycles. The van der Waals surface area contributed by atoms with Gasteiger partial charge in [0.05, 0.1) is 21.4 Å². The van der Waals surface area contributed by atoms with Gasteiger partial charge >= 0.3 is 0 Å². The second kappa shape index (κ2) is 10.6. The van der Waals surface area contributed by atoms with Crippen LogP contribution >= 0.6 is 23.2 Å². The molecule has 34 heavy (non-hydrogen) atoms. The summed E-state index contributed by atoms with van der Waals surface area (Å²) in [6.07, 6.45) is 0. The standard InChI is InChI=1S/C26H30Cl2N4O2/c1-17(2)15-31(25(34)18-9-7-6-8-10-18)16-24(33)29-23-14-22(26(3,4)5)30-32(23)19-11-12-20(27)21(28)13-19/h6-14,17H,15-16H2,1-5H3,(H,29,33). The summed E-state index contributed by atoms with van der Waals surface area (Å²) in [6.45, 7) is 10.5. The van der Waals surface area contributed by atoms with Crippen LogP contribution < -0.4 is 5.32 Å². The first kappa shape index (κ1) is 25.8. The molecule has 1 N–H and O–H groups in total. The van der Waals surface area contributed by atoms with Crippen LogP contribution in [0.4, 0.5) is 5.82 Å². The molecule has 2 amide bonds. The molecule has 6 nitrogen and oxygen atoms in total. The third kappa shape index (κ3) is 6.39. The minimum atomic E-state index is -0.313. The minimum absolute atomic E-state index is 0.0800. The highest BCUT2D eigenvalue weighted by atomic mass is 35.5. The van der Waals surface area contributed by atoms with Crippen LogP contribution in [0.15, 0.2) is 54.6 Å². The summed E-state index contributed by atoms with van der Waals surface area (Å²) in [7, 11) is 0. The summed E-state index contributed by atoms with van der Waals surface area (Å²) in [5, 5.41) is 8.47. The Morgan fingerprint density at radius 3 is 2.29 bits per heavy atom. The van der Waals surface area contributed by atoms with Gasteiger partial charge in [0.25, 0.3) is 5.91 Å². The van der Waals surface area contributed by atoms with Crippen molar-refractivity contribution in [2.75, 3.05) is 18.4 Å². The molecule has 0 aliphatic carbocycles. The Hall–Kier alpha value is -2.83. The van der Waals surface area contributed by atoms with Crippen molar-refractivity contribution in [3.8, 4) is 5.69 Å². The van der Waals surface area contributed by atoms with Gasteiger partial charge < -0.3 is 10.2 Å². The van der Waals surface area contributed by atoms with Gasteiger partial charge in [0.15, 0.2) is 0 Å². The van der Waals surface area contributed by atoms with Gasteiger partial charge in [-0.2, -0.15) is 5.10 Å². The highest BCUT2D eigenvalue weighted by molar-refractivity contribution is 6.42. The maximum Gasteiger partial charge on any atom is 0.254 e. The highest BCUT2D eigenvalue weighted by Crippen LogP contribution is 2.29. The molecule has 0 aliphatic rings. The van der Waals surface area contributed by atoms with Crippen LogP contribution in [0.5, 0.6) is 0 Å². The molecule has 0 atom stereocenters. The zero-order valence-corrected chi connectivity index (χ0v) is 21.6. The number of anilines is 1. The van der Waals surface area contributed by atoms with Crippen LogP contribution in [0.25, 0.3) is 5.69 Å². The fourth-order valence-corrected chi connectivity index (χ4v) is 3.72. The number of halogens is 2. The van der Waals surface area contributed by atoms with E-state index in [0.717, 1.165) is 5.69 Å². The summed E-state index contributed by atoms with van der Waals surface area (Å²) in [4.78, 5) is 27.7. The lowest BCUT2D eigenvalue weighted by atomic mass is 9.92. The number of nitrogens with one attached hydrogen (secondary N) is 1. The first-order valence-electron chi connectivity index (χ1n) is 11.2. The topological polar surface area (TPSA) is 67.2 Å². The summed E-state index contributed by atoms with van der Waals surface area (Å²) in [5.74, 6) is 0.198. The normalized spacial score (nSPS) is 11.5. The smallest absolute Gasteiger partial charge is 0.254 e. The average Bonchev–Trinajstić information content (AvgIpc) is 3.19. The number of aromatic nitrogens is 2. The molecule has 0 bridgehead atoms. The van der Waals surface area contributed by atoms with E-state index in [0.29, 0.717) is 33.7 Å². The summed E-state index contributed by atoms with van der Waals surface area (Å²) in [6, 6.07) is 16.0. The zero-order chi connectivity index (χ0) is 25.0. The summed E-state index contributed by atoms with van der Waals surface area (Å²) in [5.41, 5.74) is 1.77. The van der Waals surface area contributed by atoms with Gasteiger partial charge in [-0.1, -0.05) is 76.0 Å². The maximum absolute atomic E-state index is 13.1. The van der Waals surface area contributed by atoms with E-state index >= 15 is 0 Å². The van der Waals surface area contributed by atoms with E-state index in [-0.39, 0.29) is 29.7 Å². The van der Waals surface area contributed by atoms with Crippen LogP contribution in [-0.2, 0) is 10.2 Å². The maximum atomic E-state index is 13.1. The number of hydrogen-bond acceptors (Lipinski definition) is 3. The largest absolute Gasteiger partial charge is 0.329 e. The SMILES string of the molecule is CC(C)CN(CC(=O)Nc1cc(C(C)(C)C)nn1-c1ccc(Cl)c(Cl)c1)C(=O)c1ccccc1. The second-order valence-corrected chi connectivity index (χ2v) is 10.5. The van der Waals surface area contributed by atoms with Crippen LogP contribution in [-0.4, -0.2) is 39.6 Å². The molecule has 0 unspecified atom stereocenters. The Bertz CT molecular complexity index is 1170. The van der Waals surface area contributed by atoms with Crippen LogP contribution in [0, 0.1) is 5.92 Å². The molecule has 0 fully saturated rings. The van der Waals surface area contributed by atoms with Crippen molar-refractivity contribution in [1.82, 2.24) is 14.7 Å². The molecule has 2 aromatic carbocycles. The highest BCUT2D eigenvalue weighted by Gasteiger charge is 2.24. The number of amides is 2. The van der Waals surface area contributed by atoms with E-state index in [1.165, 1.54) is 0 Å². The number of rotatable bonds is 7. The first-order chi connectivity index (χ1) is 16.0. The van der Waals surface area contributed by atoms with Gasteiger partial charge in [-0.3, -0.25) is 9.59 Å². The van der Waals surface area contributed by atoms with E-state index in [4.69, 9.17) is 28.3 Å². The number of nitrogens with zero attached hydrogens (tertiary/aromatic N) is 3. The minimum Gasteiger partial charge on any atom is -0.329 e. The Labute approximate surface area is 210 Å². The van der Waals surface area contributed by atoms with Gasteiger partial charge in [0, 0.05) is 23.6 Å². The Morgan fingerprint density at radius 1 is 1.03 bits per heavy atom. The van der Waals surface area contributed by atoms with Crippen molar-refractivity contribution in [3.63, 3.8) is 0 Å². The molecule has 1 aromatic heterocycles. The quantitative estimate of drug-likeness (QED) is 0.418. The first-order valence-corrected chi connectivity index (χ1v) is 11.9. The molecule has 180 valence electrons. The molecule has 0 saturated heterocycles. The molecule has 0 aliphatic heterocycles. The molecule has 3 rings (SSSR count). The summed E-state index contributed by atoms with van der Waals surface area (Å²) >= 11 is 12.3. The van der Waals surface area contributed by atoms with Crippen molar-refractivity contribution in [3.05, 3.63) is 75.9 Å². The monoisotopic (exact) mass is 500 g/mol. The van der Waals surface area contributed by atoms with Crippen LogP contribution in [0.2, 0.25) is 10.0 Å². The van der Waals surface area contributed by atoms with E-state index in [2.05, 4.69) is 5.32 Å². The van der Waals surface area contributed by atoms with Gasteiger partial charge in [0.1, 0.15) is 12.4 Å². The van der Waals surface area contributed by atoms with Gasteiger partial charge in [-0.05, 0) is 36.2 Å². The Morgan fingerprint density at radius 2 is 1.71 bits per heavy atom.